The van der Waals surface area contributed by atoms with Gasteiger partial charge in [-0.05, 0) is 50.4 Å². The van der Waals surface area contributed by atoms with Gasteiger partial charge < -0.3 is 20.3 Å². The summed E-state index contributed by atoms with van der Waals surface area (Å²) in [5.74, 6) is 0.823. The van der Waals surface area contributed by atoms with E-state index in [0.29, 0.717) is 5.75 Å². The van der Waals surface area contributed by atoms with E-state index in [9.17, 15) is 10.2 Å². The van der Waals surface area contributed by atoms with Crippen molar-refractivity contribution >= 4 is 0 Å². The third-order valence-corrected chi connectivity index (χ3v) is 7.40. The largest absolute Gasteiger partial charge is 0.504 e. The number of aromatic hydroxyl groups is 1. The van der Waals surface area contributed by atoms with Crippen LogP contribution in [0.3, 0.4) is 0 Å². The van der Waals surface area contributed by atoms with Crippen molar-refractivity contribution in [2.45, 2.75) is 61.8 Å². The zero-order chi connectivity index (χ0) is 18.1. The molecule has 1 spiro atoms. The maximum Gasteiger partial charge on any atom is 0.165 e. The van der Waals surface area contributed by atoms with Crippen LogP contribution in [-0.2, 0) is 11.8 Å². The number of phenolic OH excluding ortho intramolecular Hbond substituents is 1. The van der Waals surface area contributed by atoms with Gasteiger partial charge in [0.2, 0.25) is 0 Å². The number of rotatable bonds is 4. The van der Waals surface area contributed by atoms with Gasteiger partial charge in [-0.1, -0.05) is 19.1 Å². The first-order valence-electron chi connectivity index (χ1n) is 9.89. The number of nitrogens with zero attached hydrogens (tertiary/aromatic N) is 1. The Balaban J connectivity index is 1.73. The molecule has 2 aliphatic heterocycles. The highest BCUT2D eigenvalue weighted by atomic mass is 16.5. The van der Waals surface area contributed by atoms with Gasteiger partial charge in [0.05, 0.1) is 11.0 Å². The van der Waals surface area contributed by atoms with Crippen LogP contribution in [0.25, 0.3) is 0 Å². The Hall–Kier alpha value is -1.56. The van der Waals surface area contributed by atoms with Gasteiger partial charge in [0.25, 0.3) is 0 Å². The molecule has 2 aliphatic carbocycles. The smallest absolute Gasteiger partial charge is 0.165 e. The first-order valence-corrected chi connectivity index (χ1v) is 9.89. The summed E-state index contributed by atoms with van der Waals surface area (Å²) < 4.78 is 6.42. The Morgan fingerprint density at radius 3 is 3.04 bits per heavy atom. The third kappa shape index (κ3) is 1.77. The number of hydrogen-bond acceptors (Lipinski definition) is 5. The van der Waals surface area contributed by atoms with Crippen LogP contribution in [0.15, 0.2) is 24.8 Å². The molecule has 2 fully saturated rings. The molecule has 1 saturated carbocycles. The average molecular weight is 356 g/mol. The quantitative estimate of drug-likeness (QED) is 0.717. The lowest BCUT2D eigenvalue weighted by atomic mass is 9.48. The topological polar surface area (TPSA) is 65.0 Å². The van der Waals surface area contributed by atoms with Crippen LogP contribution < -0.4 is 10.1 Å². The van der Waals surface area contributed by atoms with Crippen LogP contribution in [-0.4, -0.2) is 58.5 Å². The molecule has 1 aromatic rings. The third-order valence-electron chi connectivity index (χ3n) is 7.40. The molecule has 0 radical (unpaired) electrons. The molecule has 1 saturated heterocycles. The molecule has 26 heavy (non-hydrogen) atoms. The van der Waals surface area contributed by atoms with Crippen molar-refractivity contribution in [2.75, 3.05) is 19.6 Å². The minimum atomic E-state index is -0.823. The predicted molar refractivity (Wildman–Crippen MR) is 99.7 cm³/mol. The van der Waals surface area contributed by atoms with E-state index in [-0.39, 0.29) is 23.9 Å². The fraction of sp³-hybridized carbons (Fsp3) is 0.619. The lowest BCUT2D eigenvalue weighted by Crippen LogP contribution is -2.78. The molecular formula is C21H28N2O3. The van der Waals surface area contributed by atoms with E-state index in [4.69, 9.17) is 4.74 Å². The Morgan fingerprint density at radius 2 is 2.27 bits per heavy atom. The Kier molecular flexibility index (Phi) is 3.49. The first kappa shape index (κ1) is 16.6. The number of likely N-dealkylation sites (N-methyl/N-ethyl adjacent to an activating group) is 1. The fourth-order valence-corrected chi connectivity index (χ4v) is 6.49. The molecule has 0 amide bonds. The summed E-state index contributed by atoms with van der Waals surface area (Å²) >= 11 is 0. The van der Waals surface area contributed by atoms with Gasteiger partial charge in [-0.3, -0.25) is 4.90 Å². The molecule has 0 aromatic heterocycles. The van der Waals surface area contributed by atoms with Crippen LogP contribution in [0.1, 0.15) is 37.3 Å². The molecule has 5 heteroatoms. The maximum absolute atomic E-state index is 12.1. The molecule has 2 heterocycles. The molecule has 0 unspecified atom stereocenters. The van der Waals surface area contributed by atoms with Gasteiger partial charge in [0.15, 0.2) is 11.5 Å². The highest BCUT2D eigenvalue weighted by Gasteiger charge is 2.72. The van der Waals surface area contributed by atoms with Crippen LogP contribution in [0.5, 0.6) is 11.5 Å². The van der Waals surface area contributed by atoms with Crippen molar-refractivity contribution in [3.8, 4) is 11.5 Å². The lowest BCUT2D eigenvalue weighted by Gasteiger charge is -2.64. The standard InChI is InChI=1S/C21H28N2O3/c1-3-10-23-11-9-20-17-13-5-6-15(24)18(17)26-19(20)14(22-4-2)7-8-21(20,25)16(23)12-13/h3,5-6,14,16,19,22,24-25H,1,4,7-12H2,2H3/t14-,16-,19+,20+,21-/m1/s1. The SMILES string of the molecule is C=CCN1CC[C@]23c4c5ccc(O)c4O[C@H]2[C@H](NCC)CC[C@@]3(O)[C@H]1C5. The van der Waals surface area contributed by atoms with Crippen molar-refractivity contribution in [1.29, 1.82) is 0 Å². The second kappa shape index (κ2) is 5.47. The molecule has 2 bridgehead atoms. The Morgan fingerprint density at radius 1 is 1.42 bits per heavy atom. The minimum Gasteiger partial charge on any atom is -0.504 e. The number of piperidine rings is 1. The molecule has 3 N–H and O–H groups in total. The normalized spacial score (nSPS) is 40.0. The average Bonchev–Trinajstić information content (AvgIpc) is 2.97. The van der Waals surface area contributed by atoms with Crippen molar-refractivity contribution in [2.24, 2.45) is 0 Å². The molecule has 4 aliphatic rings. The van der Waals surface area contributed by atoms with Gasteiger partial charge in [0.1, 0.15) is 6.10 Å². The summed E-state index contributed by atoms with van der Waals surface area (Å²) in [6.45, 7) is 8.62. The van der Waals surface area contributed by atoms with Crippen molar-refractivity contribution < 1.29 is 14.9 Å². The van der Waals surface area contributed by atoms with Gasteiger partial charge in [0, 0.05) is 24.2 Å². The summed E-state index contributed by atoms with van der Waals surface area (Å²) in [4.78, 5) is 2.39. The molecule has 1 aromatic carbocycles. The number of phenols is 1. The first-order chi connectivity index (χ1) is 12.6. The molecule has 5 nitrogen and oxygen atoms in total. The van der Waals surface area contributed by atoms with E-state index < -0.39 is 11.0 Å². The van der Waals surface area contributed by atoms with Crippen LogP contribution in [0, 0.1) is 0 Å². The number of nitrogens with one attached hydrogen (secondary N) is 1. The number of benzene rings is 1. The van der Waals surface area contributed by atoms with Gasteiger partial charge in [-0.2, -0.15) is 0 Å². The lowest BCUT2D eigenvalue weighted by molar-refractivity contribution is -0.189. The van der Waals surface area contributed by atoms with E-state index in [1.54, 1.807) is 6.07 Å². The van der Waals surface area contributed by atoms with Crippen LogP contribution in [0.4, 0.5) is 0 Å². The van der Waals surface area contributed by atoms with E-state index in [1.807, 2.05) is 12.1 Å². The Bertz CT molecular complexity index is 766. The van der Waals surface area contributed by atoms with Crippen LogP contribution >= 0.6 is 0 Å². The number of hydrogen-bond donors (Lipinski definition) is 3. The number of ether oxygens (including phenoxy) is 1. The van der Waals surface area contributed by atoms with Gasteiger partial charge in [-0.15, -0.1) is 6.58 Å². The summed E-state index contributed by atoms with van der Waals surface area (Å²) in [7, 11) is 0. The van der Waals surface area contributed by atoms with Crippen molar-refractivity contribution in [3.63, 3.8) is 0 Å². The summed E-state index contributed by atoms with van der Waals surface area (Å²) in [6, 6.07) is 4.06. The van der Waals surface area contributed by atoms with E-state index >= 15 is 0 Å². The summed E-state index contributed by atoms with van der Waals surface area (Å²) in [5.41, 5.74) is 1.06. The van der Waals surface area contributed by atoms with E-state index in [1.165, 1.54) is 5.56 Å². The van der Waals surface area contributed by atoms with E-state index in [2.05, 4.69) is 23.7 Å². The highest BCUT2D eigenvalue weighted by Crippen LogP contribution is 2.65. The van der Waals surface area contributed by atoms with Gasteiger partial charge in [-0.25, -0.2) is 0 Å². The summed E-state index contributed by atoms with van der Waals surface area (Å²) in [6.07, 6.45) is 5.11. The minimum absolute atomic E-state index is 0.0749. The number of aliphatic hydroxyl groups is 1. The zero-order valence-electron chi connectivity index (χ0n) is 15.4. The Labute approximate surface area is 154 Å². The molecule has 140 valence electrons. The zero-order valence-corrected chi connectivity index (χ0v) is 15.4. The molecular weight excluding hydrogens is 328 g/mol. The molecule has 5 atom stereocenters. The molecule has 5 rings (SSSR count). The highest BCUT2D eigenvalue weighted by molar-refractivity contribution is 5.62. The summed E-state index contributed by atoms with van der Waals surface area (Å²) in [5, 5.41) is 26.2. The maximum atomic E-state index is 12.1. The van der Waals surface area contributed by atoms with Gasteiger partial charge >= 0.3 is 0 Å². The second-order valence-corrected chi connectivity index (χ2v) is 8.34. The predicted octanol–water partition coefficient (Wildman–Crippen LogP) is 1.71. The van der Waals surface area contributed by atoms with E-state index in [0.717, 1.165) is 50.9 Å². The van der Waals surface area contributed by atoms with Crippen molar-refractivity contribution in [3.05, 3.63) is 35.9 Å². The number of likely N-dealkylation sites (tertiary alicyclic amines) is 1. The monoisotopic (exact) mass is 356 g/mol. The van der Waals surface area contributed by atoms with Crippen LogP contribution in [0.2, 0.25) is 0 Å². The van der Waals surface area contributed by atoms with Crippen molar-refractivity contribution in [1.82, 2.24) is 10.2 Å². The fourth-order valence-electron chi connectivity index (χ4n) is 6.49. The second-order valence-electron chi connectivity index (χ2n) is 8.34.